The number of amides is 1. The van der Waals surface area contributed by atoms with Crippen molar-refractivity contribution >= 4 is 5.91 Å². The minimum absolute atomic E-state index is 0.0319. The van der Waals surface area contributed by atoms with Crippen LogP contribution in [0.25, 0.3) is 0 Å². The molecule has 1 fully saturated rings. The van der Waals surface area contributed by atoms with Gasteiger partial charge in [-0.2, -0.15) is 0 Å². The highest BCUT2D eigenvalue weighted by Crippen LogP contribution is 2.18. The van der Waals surface area contributed by atoms with Gasteiger partial charge in [-0.3, -0.25) is 9.78 Å². The molecule has 1 aromatic carbocycles. The van der Waals surface area contributed by atoms with E-state index in [1.165, 1.54) is 0 Å². The highest BCUT2D eigenvalue weighted by Gasteiger charge is 2.28. The summed E-state index contributed by atoms with van der Waals surface area (Å²) in [5, 5.41) is 0. The fraction of sp³-hybridized carbons (Fsp3) is 0.263. The molecule has 2 aromatic heterocycles. The van der Waals surface area contributed by atoms with Gasteiger partial charge in [-0.05, 0) is 17.7 Å². The van der Waals surface area contributed by atoms with E-state index < -0.39 is 0 Å². The third-order valence-electron chi connectivity index (χ3n) is 4.38. The number of carbonyl (C=O) groups is 1. The molecule has 1 aliphatic rings. The Morgan fingerprint density at radius 3 is 2.77 bits per heavy atom. The van der Waals surface area contributed by atoms with Gasteiger partial charge in [0.05, 0.1) is 19.1 Å². The lowest BCUT2D eigenvalue weighted by molar-refractivity contribution is 0.0771. The molecule has 1 saturated heterocycles. The van der Waals surface area contributed by atoms with Crippen LogP contribution in [0.1, 0.15) is 22.3 Å². The normalized spacial score (nSPS) is 16.6. The number of rotatable bonds is 5. The minimum Gasteiger partial charge on any atom is -0.471 e. The first-order valence-electron chi connectivity index (χ1n) is 8.54. The van der Waals surface area contributed by atoms with Crippen LogP contribution in [-0.4, -0.2) is 49.5 Å². The summed E-state index contributed by atoms with van der Waals surface area (Å²) in [7, 11) is 0. The van der Waals surface area contributed by atoms with Gasteiger partial charge in [0.15, 0.2) is 0 Å². The lowest BCUT2D eigenvalue weighted by Crippen LogP contribution is -2.31. The third kappa shape index (κ3) is 3.72. The molecule has 0 saturated carbocycles. The summed E-state index contributed by atoms with van der Waals surface area (Å²) in [5.74, 6) is 0.528. The Balaban J connectivity index is 1.35. The van der Waals surface area contributed by atoms with E-state index in [2.05, 4.69) is 15.0 Å². The first-order chi connectivity index (χ1) is 12.8. The summed E-state index contributed by atoms with van der Waals surface area (Å²) in [4.78, 5) is 26.7. The van der Waals surface area contributed by atoms with Crippen molar-refractivity contribution in [2.24, 2.45) is 0 Å². The van der Waals surface area contributed by atoms with Gasteiger partial charge in [0.1, 0.15) is 6.10 Å². The van der Waals surface area contributed by atoms with Crippen LogP contribution in [0, 0.1) is 0 Å². The molecular formula is C19H19N5O2. The van der Waals surface area contributed by atoms with Crippen molar-refractivity contribution in [3.05, 3.63) is 72.7 Å². The first-order valence-corrected chi connectivity index (χ1v) is 8.54. The lowest BCUT2D eigenvalue weighted by Gasteiger charge is -2.17. The van der Waals surface area contributed by atoms with Gasteiger partial charge in [-0.1, -0.05) is 12.1 Å². The molecule has 0 aliphatic carbocycles. The molecule has 0 radical (unpaired) electrons. The quantitative estimate of drug-likeness (QED) is 0.704. The van der Waals surface area contributed by atoms with Crippen molar-refractivity contribution < 1.29 is 9.53 Å². The van der Waals surface area contributed by atoms with E-state index in [1.807, 2.05) is 39.9 Å². The number of likely N-dealkylation sites (tertiary alicyclic amines) is 1. The molecule has 4 rings (SSSR count). The SMILES string of the molecule is O=C(c1ccc(Cn2ccnc2)cc1)N1CC[C@H](Oc2cnccn2)C1. The highest BCUT2D eigenvalue weighted by molar-refractivity contribution is 5.94. The van der Waals surface area contributed by atoms with E-state index in [-0.39, 0.29) is 12.0 Å². The van der Waals surface area contributed by atoms with Crippen molar-refractivity contribution in [2.45, 2.75) is 19.1 Å². The molecule has 0 N–H and O–H groups in total. The van der Waals surface area contributed by atoms with E-state index in [1.54, 1.807) is 31.1 Å². The topological polar surface area (TPSA) is 73.1 Å². The number of nitrogens with zero attached hydrogens (tertiary/aromatic N) is 5. The third-order valence-corrected chi connectivity index (χ3v) is 4.38. The molecule has 1 aliphatic heterocycles. The summed E-state index contributed by atoms with van der Waals surface area (Å²) < 4.78 is 7.79. The number of imidazole rings is 1. The maximum absolute atomic E-state index is 12.7. The maximum atomic E-state index is 12.7. The molecule has 7 heteroatoms. The maximum Gasteiger partial charge on any atom is 0.253 e. The molecule has 0 bridgehead atoms. The average molecular weight is 349 g/mol. The van der Waals surface area contributed by atoms with Crippen LogP contribution in [0.5, 0.6) is 5.88 Å². The Morgan fingerprint density at radius 2 is 2.04 bits per heavy atom. The summed E-state index contributed by atoms with van der Waals surface area (Å²) in [6.07, 6.45) is 11.0. The Kier molecular flexibility index (Phi) is 4.59. The van der Waals surface area contributed by atoms with Crippen molar-refractivity contribution in [1.82, 2.24) is 24.4 Å². The summed E-state index contributed by atoms with van der Waals surface area (Å²) in [6.45, 7) is 1.99. The molecule has 7 nitrogen and oxygen atoms in total. The fourth-order valence-electron chi connectivity index (χ4n) is 3.05. The highest BCUT2D eigenvalue weighted by atomic mass is 16.5. The summed E-state index contributed by atoms with van der Waals surface area (Å²) in [5.41, 5.74) is 1.82. The Hall–Kier alpha value is -3.22. The number of carbonyl (C=O) groups excluding carboxylic acids is 1. The molecule has 3 aromatic rings. The van der Waals surface area contributed by atoms with Crippen molar-refractivity contribution in [3.8, 4) is 5.88 Å². The van der Waals surface area contributed by atoms with Gasteiger partial charge in [0.25, 0.3) is 5.91 Å². The fourth-order valence-corrected chi connectivity index (χ4v) is 3.05. The second-order valence-corrected chi connectivity index (χ2v) is 6.26. The standard InChI is InChI=1S/C19H19N5O2/c25-19(16-3-1-15(2-4-16)12-23-10-8-21-14-23)24-9-5-17(13-24)26-18-11-20-6-7-22-18/h1-4,6-8,10-11,14,17H,5,9,12-13H2/t17-/m0/s1. The van der Waals surface area contributed by atoms with Crippen LogP contribution in [0.2, 0.25) is 0 Å². The van der Waals surface area contributed by atoms with Crippen LogP contribution in [0.3, 0.4) is 0 Å². The number of aromatic nitrogens is 4. The Labute approximate surface area is 151 Å². The monoisotopic (exact) mass is 349 g/mol. The zero-order valence-corrected chi connectivity index (χ0v) is 14.2. The lowest BCUT2D eigenvalue weighted by atomic mass is 10.1. The van der Waals surface area contributed by atoms with Crippen LogP contribution >= 0.6 is 0 Å². The van der Waals surface area contributed by atoms with Crippen LogP contribution < -0.4 is 4.74 Å². The number of hydrogen-bond acceptors (Lipinski definition) is 5. The molecule has 3 heterocycles. The molecule has 132 valence electrons. The molecule has 0 spiro atoms. The van der Waals surface area contributed by atoms with Gasteiger partial charge < -0.3 is 14.2 Å². The number of ether oxygens (including phenoxy) is 1. The second kappa shape index (κ2) is 7.35. The van der Waals surface area contributed by atoms with Gasteiger partial charge >= 0.3 is 0 Å². The average Bonchev–Trinajstić information content (AvgIpc) is 3.35. The zero-order chi connectivity index (χ0) is 17.8. The molecule has 1 atom stereocenters. The van der Waals surface area contributed by atoms with Gasteiger partial charge in [0.2, 0.25) is 5.88 Å². The number of benzene rings is 1. The Morgan fingerprint density at radius 1 is 1.15 bits per heavy atom. The van der Waals surface area contributed by atoms with Gasteiger partial charge in [-0.25, -0.2) is 9.97 Å². The molecule has 26 heavy (non-hydrogen) atoms. The van der Waals surface area contributed by atoms with E-state index in [4.69, 9.17) is 4.74 Å². The van der Waals surface area contributed by atoms with Crippen molar-refractivity contribution in [3.63, 3.8) is 0 Å². The van der Waals surface area contributed by atoms with E-state index in [9.17, 15) is 4.79 Å². The van der Waals surface area contributed by atoms with E-state index in [0.29, 0.717) is 24.5 Å². The van der Waals surface area contributed by atoms with Crippen molar-refractivity contribution in [1.29, 1.82) is 0 Å². The van der Waals surface area contributed by atoms with E-state index in [0.717, 1.165) is 18.5 Å². The second-order valence-electron chi connectivity index (χ2n) is 6.26. The van der Waals surface area contributed by atoms with Crippen molar-refractivity contribution in [2.75, 3.05) is 13.1 Å². The van der Waals surface area contributed by atoms with Crippen LogP contribution in [-0.2, 0) is 6.54 Å². The zero-order valence-electron chi connectivity index (χ0n) is 14.2. The van der Waals surface area contributed by atoms with Crippen LogP contribution in [0.4, 0.5) is 0 Å². The Bertz CT molecular complexity index is 849. The number of hydrogen-bond donors (Lipinski definition) is 0. The minimum atomic E-state index is -0.0452. The molecule has 1 amide bonds. The smallest absolute Gasteiger partial charge is 0.253 e. The van der Waals surface area contributed by atoms with Gasteiger partial charge in [-0.15, -0.1) is 0 Å². The van der Waals surface area contributed by atoms with Gasteiger partial charge in [0, 0.05) is 49.9 Å². The summed E-state index contributed by atoms with van der Waals surface area (Å²) >= 11 is 0. The predicted molar refractivity (Wildman–Crippen MR) is 94.7 cm³/mol. The summed E-state index contributed by atoms with van der Waals surface area (Å²) in [6, 6.07) is 7.73. The first kappa shape index (κ1) is 16.3. The largest absolute Gasteiger partial charge is 0.471 e. The predicted octanol–water partition coefficient (Wildman–Crippen LogP) is 2.01. The van der Waals surface area contributed by atoms with E-state index >= 15 is 0 Å². The van der Waals surface area contributed by atoms with Crippen LogP contribution in [0.15, 0.2) is 61.6 Å². The molecular weight excluding hydrogens is 330 g/mol. The molecule has 0 unspecified atom stereocenters.